The molecular formula is C21H26N4O2. The second-order valence-corrected chi connectivity index (χ2v) is 8.19. The van der Waals surface area contributed by atoms with Gasteiger partial charge in [-0.1, -0.05) is 32.0 Å². The highest BCUT2D eigenvalue weighted by molar-refractivity contribution is 5.82. The van der Waals surface area contributed by atoms with Gasteiger partial charge < -0.3 is 14.6 Å². The summed E-state index contributed by atoms with van der Waals surface area (Å²) in [5, 5.41) is 11.4. The predicted octanol–water partition coefficient (Wildman–Crippen LogP) is 3.80. The lowest BCUT2D eigenvalue weighted by atomic mass is 9.88. The van der Waals surface area contributed by atoms with E-state index in [0.29, 0.717) is 13.1 Å². The van der Waals surface area contributed by atoms with Crippen molar-refractivity contribution in [1.82, 2.24) is 20.4 Å². The Morgan fingerprint density at radius 3 is 3.04 bits per heavy atom. The lowest BCUT2D eigenvalue weighted by molar-refractivity contribution is 0.168. The quantitative estimate of drug-likeness (QED) is 0.740. The topological polar surface area (TPSA) is 74.2 Å². The maximum Gasteiger partial charge on any atom is 0.317 e. The van der Waals surface area contributed by atoms with E-state index in [9.17, 15) is 4.79 Å². The Kier molecular flexibility index (Phi) is 4.42. The third-order valence-corrected chi connectivity index (χ3v) is 5.28. The second-order valence-electron chi connectivity index (χ2n) is 8.19. The van der Waals surface area contributed by atoms with E-state index in [4.69, 9.17) is 4.42 Å². The lowest BCUT2D eigenvalue weighted by Gasteiger charge is -2.29. The number of furan rings is 1. The van der Waals surface area contributed by atoms with Crippen molar-refractivity contribution in [3.05, 3.63) is 53.0 Å². The van der Waals surface area contributed by atoms with Crippen molar-refractivity contribution < 1.29 is 9.21 Å². The molecule has 0 radical (unpaired) electrons. The molecule has 1 aromatic carbocycles. The maximum atomic E-state index is 12.8. The number of aromatic amines is 1. The molecule has 6 heteroatoms. The average molecular weight is 366 g/mol. The number of hydrogen-bond donors (Lipinski definition) is 2. The van der Waals surface area contributed by atoms with Gasteiger partial charge in [0.2, 0.25) is 0 Å². The highest BCUT2D eigenvalue weighted by atomic mass is 16.3. The number of urea groups is 1. The molecule has 4 rings (SSSR count). The Morgan fingerprint density at radius 2 is 2.19 bits per heavy atom. The van der Waals surface area contributed by atoms with Crippen LogP contribution in [0.3, 0.4) is 0 Å². The molecule has 0 aliphatic carbocycles. The molecule has 0 spiro atoms. The molecule has 1 aliphatic rings. The molecule has 142 valence electrons. The number of hydrogen-bond acceptors (Lipinski definition) is 3. The van der Waals surface area contributed by atoms with Crippen LogP contribution in [0, 0.1) is 12.3 Å². The van der Waals surface area contributed by atoms with E-state index in [1.807, 2.05) is 36.2 Å². The second kappa shape index (κ2) is 6.76. The first kappa shape index (κ1) is 17.6. The molecule has 27 heavy (non-hydrogen) atoms. The molecule has 2 amide bonds. The van der Waals surface area contributed by atoms with Crippen LogP contribution < -0.4 is 5.32 Å². The summed E-state index contributed by atoms with van der Waals surface area (Å²) in [7, 11) is 0. The van der Waals surface area contributed by atoms with Crippen LogP contribution in [0.25, 0.3) is 11.0 Å². The lowest BCUT2D eigenvalue weighted by Crippen LogP contribution is -2.44. The maximum absolute atomic E-state index is 12.8. The van der Waals surface area contributed by atoms with Crippen molar-refractivity contribution in [2.45, 2.75) is 40.2 Å². The van der Waals surface area contributed by atoms with Crippen LogP contribution in [0.15, 0.2) is 34.9 Å². The van der Waals surface area contributed by atoms with Gasteiger partial charge in [0.05, 0.1) is 12.7 Å². The fourth-order valence-electron chi connectivity index (χ4n) is 4.02. The van der Waals surface area contributed by atoms with E-state index in [2.05, 4.69) is 35.4 Å². The molecule has 0 atom stereocenters. The molecule has 6 nitrogen and oxygen atoms in total. The number of fused-ring (bicyclic) bond motifs is 2. The Morgan fingerprint density at radius 1 is 1.37 bits per heavy atom. The van der Waals surface area contributed by atoms with Crippen LogP contribution in [-0.4, -0.2) is 34.2 Å². The van der Waals surface area contributed by atoms with Crippen molar-refractivity contribution >= 4 is 17.0 Å². The van der Waals surface area contributed by atoms with E-state index >= 15 is 0 Å². The first-order valence-corrected chi connectivity index (χ1v) is 9.44. The van der Waals surface area contributed by atoms with Crippen LogP contribution in [0.1, 0.15) is 36.4 Å². The molecule has 0 saturated heterocycles. The number of nitrogens with one attached hydrogen (secondary N) is 2. The van der Waals surface area contributed by atoms with E-state index < -0.39 is 0 Å². The van der Waals surface area contributed by atoms with Crippen molar-refractivity contribution in [2.24, 2.45) is 5.41 Å². The summed E-state index contributed by atoms with van der Waals surface area (Å²) in [5.41, 5.74) is 4.31. The van der Waals surface area contributed by atoms with Crippen LogP contribution >= 0.6 is 0 Å². The number of aromatic nitrogens is 2. The first-order valence-electron chi connectivity index (χ1n) is 9.44. The minimum atomic E-state index is -0.0254. The Labute approximate surface area is 158 Å². The molecule has 0 bridgehead atoms. The summed E-state index contributed by atoms with van der Waals surface area (Å²) in [6.07, 6.45) is 3.48. The number of benzene rings is 1. The fourth-order valence-corrected chi connectivity index (χ4v) is 4.02. The molecule has 3 heterocycles. The third-order valence-electron chi connectivity index (χ3n) is 5.28. The molecule has 0 fully saturated rings. The smallest absolute Gasteiger partial charge is 0.317 e. The zero-order chi connectivity index (χ0) is 19.0. The molecule has 2 aromatic heterocycles. The molecule has 0 saturated carbocycles. The van der Waals surface area contributed by atoms with Gasteiger partial charge in [-0.3, -0.25) is 5.10 Å². The molecule has 1 aliphatic heterocycles. The van der Waals surface area contributed by atoms with Crippen LogP contribution in [0.5, 0.6) is 0 Å². The minimum Gasteiger partial charge on any atom is -0.461 e. The Bertz CT molecular complexity index is 970. The van der Waals surface area contributed by atoms with Gasteiger partial charge in [-0.15, -0.1) is 0 Å². The van der Waals surface area contributed by atoms with E-state index in [1.54, 1.807) is 0 Å². The normalized spacial score (nSPS) is 16.2. The predicted molar refractivity (Wildman–Crippen MR) is 105 cm³/mol. The van der Waals surface area contributed by atoms with Crippen molar-refractivity contribution in [3.8, 4) is 0 Å². The number of rotatable bonds is 3. The van der Waals surface area contributed by atoms with Gasteiger partial charge >= 0.3 is 6.03 Å². The zero-order valence-electron chi connectivity index (χ0n) is 16.1. The molecule has 2 N–H and O–H groups in total. The SMILES string of the molecule is Cc1oc2ccccc2c1CCNC(=O)N1Cc2cn[nH]c2CC(C)(C)C1. The van der Waals surface area contributed by atoms with Crippen molar-refractivity contribution in [1.29, 1.82) is 0 Å². The van der Waals surface area contributed by atoms with Crippen LogP contribution in [-0.2, 0) is 19.4 Å². The molecular weight excluding hydrogens is 340 g/mol. The minimum absolute atomic E-state index is 0.00642. The van der Waals surface area contributed by atoms with Crippen molar-refractivity contribution in [3.63, 3.8) is 0 Å². The number of amides is 2. The number of aryl methyl sites for hydroxylation is 1. The van der Waals surface area contributed by atoms with E-state index in [1.165, 1.54) is 5.56 Å². The molecule has 3 aromatic rings. The zero-order valence-corrected chi connectivity index (χ0v) is 16.1. The van der Waals surface area contributed by atoms with Gasteiger partial charge in [0.15, 0.2) is 0 Å². The van der Waals surface area contributed by atoms with Gasteiger partial charge in [-0.2, -0.15) is 5.10 Å². The van der Waals surface area contributed by atoms with Gasteiger partial charge in [0, 0.05) is 35.3 Å². The first-order chi connectivity index (χ1) is 12.9. The van der Waals surface area contributed by atoms with Gasteiger partial charge in [-0.05, 0) is 31.2 Å². The number of carbonyl (C=O) groups is 1. The summed E-state index contributed by atoms with van der Waals surface area (Å²) < 4.78 is 5.81. The average Bonchev–Trinajstić information content (AvgIpc) is 3.14. The summed E-state index contributed by atoms with van der Waals surface area (Å²) in [5.74, 6) is 0.921. The van der Waals surface area contributed by atoms with Crippen LogP contribution in [0.2, 0.25) is 0 Å². The Balaban J connectivity index is 1.42. The van der Waals surface area contributed by atoms with Gasteiger partial charge in [0.1, 0.15) is 11.3 Å². The monoisotopic (exact) mass is 366 g/mol. The number of nitrogens with zero attached hydrogens (tertiary/aromatic N) is 2. The largest absolute Gasteiger partial charge is 0.461 e. The summed E-state index contributed by atoms with van der Waals surface area (Å²) in [4.78, 5) is 14.7. The highest BCUT2D eigenvalue weighted by Gasteiger charge is 2.31. The van der Waals surface area contributed by atoms with Crippen molar-refractivity contribution in [2.75, 3.05) is 13.1 Å². The summed E-state index contributed by atoms with van der Waals surface area (Å²) in [6.45, 7) is 8.24. The molecule has 0 unspecified atom stereocenters. The van der Waals surface area contributed by atoms with Crippen LogP contribution in [0.4, 0.5) is 4.79 Å². The van der Waals surface area contributed by atoms with Gasteiger partial charge in [0.25, 0.3) is 0 Å². The van der Waals surface area contributed by atoms with E-state index in [-0.39, 0.29) is 11.4 Å². The standard InChI is InChI=1S/C21H26N4O2/c1-14-16(17-6-4-5-7-19(17)27-14)8-9-22-20(26)25-12-15-11-23-24-18(15)10-21(2,3)13-25/h4-7,11H,8-10,12-13H2,1-3H3,(H,22,26)(H,23,24). The summed E-state index contributed by atoms with van der Waals surface area (Å²) >= 11 is 0. The number of para-hydroxylation sites is 1. The number of carbonyl (C=O) groups excluding carboxylic acids is 1. The van der Waals surface area contributed by atoms with E-state index in [0.717, 1.165) is 47.4 Å². The number of H-pyrrole nitrogens is 1. The van der Waals surface area contributed by atoms with Gasteiger partial charge in [-0.25, -0.2) is 4.79 Å². The Hall–Kier alpha value is -2.76. The highest BCUT2D eigenvalue weighted by Crippen LogP contribution is 2.29. The summed E-state index contributed by atoms with van der Waals surface area (Å²) in [6, 6.07) is 8.01. The fraction of sp³-hybridized carbons (Fsp3) is 0.429. The third kappa shape index (κ3) is 3.56.